The average molecular weight is 372 g/mol. The molecule has 0 atom stereocenters. The van der Waals surface area contributed by atoms with Crippen LogP contribution in [0.5, 0.6) is 0 Å². The summed E-state index contributed by atoms with van der Waals surface area (Å²) in [5.74, 6) is 0. The van der Waals surface area contributed by atoms with Crippen molar-refractivity contribution in [2.45, 2.75) is 117 Å². The first kappa shape index (κ1) is 27.6. The van der Waals surface area contributed by atoms with Gasteiger partial charge in [-0.1, -0.05) is 90.9 Å². The van der Waals surface area contributed by atoms with E-state index in [9.17, 15) is 0 Å². The lowest BCUT2D eigenvalue weighted by molar-refractivity contribution is -0.890. The lowest BCUT2D eigenvalue weighted by atomic mass is 10.1. The van der Waals surface area contributed by atoms with Crippen molar-refractivity contribution in [2.75, 3.05) is 27.2 Å². The minimum atomic E-state index is -0.500. The fourth-order valence-corrected chi connectivity index (χ4v) is 3.46. The molecule has 0 heterocycles. The molecule has 3 nitrogen and oxygen atoms in total. The number of quaternary nitrogens is 1. The largest absolute Gasteiger partial charge is 0.554 e. The molecule has 158 valence electrons. The summed E-state index contributed by atoms with van der Waals surface area (Å²) in [4.78, 5) is 8.25. The zero-order chi connectivity index (χ0) is 19.9. The minimum Gasteiger partial charge on any atom is -0.554 e. The summed E-state index contributed by atoms with van der Waals surface area (Å²) in [6.45, 7) is 6.86. The molecule has 0 aromatic carbocycles. The maximum absolute atomic E-state index is 8.25. The predicted octanol–water partition coefficient (Wildman–Crippen LogP) is 5.71. The van der Waals surface area contributed by atoms with Crippen LogP contribution in [-0.2, 0) is 4.79 Å². The Hall–Kier alpha value is -0.570. The third-order valence-electron chi connectivity index (χ3n) is 5.23. The highest BCUT2D eigenvalue weighted by Gasteiger charge is 2.13. The van der Waals surface area contributed by atoms with Gasteiger partial charge in [0.05, 0.1) is 27.2 Å². The van der Waals surface area contributed by atoms with Gasteiger partial charge in [-0.2, -0.15) is 0 Å². The Bertz CT molecular complexity index is 245. The molecular weight excluding hydrogens is 322 g/mol. The highest BCUT2D eigenvalue weighted by molar-refractivity contribution is 5.29. The normalized spacial score (nSPS) is 11.1. The molecule has 0 fully saturated rings. The van der Waals surface area contributed by atoms with Crippen LogP contribution in [0, 0.1) is 0 Å². The van der Waals surface area contributed by atoms with Crippen LogP contribution >= 0.6 is 0 Å². The van der Waals surface area contributed by atoms with Gasteiger partial charge in [0, 0.05) is 6.47 Å². The summed E-state index contributed by atoms with van der Waals surface area (Å²) in [7, 11) is 4.87. The maximum Gasteiger partial charge on any atom is 0.0782 e. The van der Waals surface area contributed by atoms with Gasteiger partial charge in [0.2, 0.25) is 0 Å². The number of hydrogen-bond donors (Lipinski definition) is 0. The number of rotatable bonds is 18. The van der Waals surface area contributed by atoms with Gasteiger partial charge in [-0.25, -0.2) is 0 Å². The Kier molecular flexibility index (Phi) is 23.9. The first-order valence-corrected chi connectivity index (χ1v) is 11.4. The van der Waals surface area contributed by atoms with Crippen molar-refractivity contribution in [3.05, 3.63) is 0 Å². The molecule has 0 rings (SSSR count). The van der Waals surface area contributed by atoms with E-state index in [1.807, 2.05) is 0 Å². The van der Waals surface area contributed by atoms with Crippen molar-refractivity contribution in [1.29, 1.82) is 0 Å². The molecule has 0 aliphatic heterocycles. The van der Waals surface area contributed by atoms with Crippen molar-refractivity contribution in [1.82, 2.24) is 0 Å². The molecule has 26 heavy (non-hydrogen) atoms. The lowest BCUT2D eigenvalue weighted by Gasteiger charge is -2.30. The zero-order valence-electron chi connectivity index (χ0n) is 18.6. The number of nitrogens with zero attached hydrogens (tertiary/aromatic N) is 1. The van der Waals surface area contributed by atoms with Gasteiger partial charge >= 0.3 is 0 Å². The van der Waals surface area contributed by atoms with Gasteiger partial charge in [0.1, 0.15) is 0 Å². The fraction of sp³-hybridized carbons (Fsp3) is 0.957. The van der Waals surface area contributed by atoms with E-state index < -0.39 is 6.47 Å². The number of carbonyl (C=O) groups excluding carboxylic acids is 1. The highest BCUT2D eigenvalue weighted by Crippen LogP contribution is 2.13. The van der Waals surface area contributed by atoms with E-state index in [2.05, 4.69) is 27.9 Å². The SMILES string of the molecule is CCCCCCCCCC[N+](C)(C)CCCCCCCCCC.O=C[O-]. The highest BCUT2D eigenvalue weighted by atomic mass is 16.3. The molecule has 3 heteroatoms. The molecule has 0 amide bonds. The Balaban J connectivity index is 0. The first-order chi connectivity index (χ1) is 12.5. The molecule has 0 aliphatic carbocycles. The zero-order valence-corrected chi connectivity index (χ0v) is 18.6. The van der Waals surface area contributed by atoms with Crippen molar-refractivity contribution in [3.8, 4) is 0 Å². The monoisotopic (exact) mass is 371 g/mol. The third kappa shape index (κ3) is 25.7. The summed E-state index contributed by atoms with van der Waals surface area (Å²) < 4.78 is 1.24. The Morgan fingerprint density at radius 1 is 0.577 bits per heavy atom. The van der Waals surface area contributed by atoms with Crippen LogP contribution in [0.4, 0.5) is 0 Å². The van der Waals surface area contributed by atoms with Crippen LogP contribution in [0.2, 0.25) is 0 Å². The summed E-state index contributed by atoms with van der Waals surface area (Å²) >= 11 is 0. The molecule has 0 unspecified atom stereocenters. The van der Waals surface area contributed by atoms with Crippen molar-refractivity contribution in [2.24, 2.45) is 0 Å². The standard InChI is InChI=1S/C22H48N.CH2O2/c1-5-7-9-11-13-15-17-19-21-23(3,4)22-20-18-16-14-12-10-8-6-2;2-1-3/h5-22H2,1-4H3;1H,(H,2,3)/q+1;/p-1. The molecule has 0 saturated heterocycles. The van der Waals surface area contributed by atoms with Crippen LogP contribution in [0.25, 0.3) is 0 Å². The van der Waals surface area contributed by atoms with Gasteiger partial charge in [0.25, 0.3) is 0 Å². The number of hydrogen-bond acceptors (Lipinski definition) is 2. The molecule has 0 N–H and O–H groups in total. The molecule has 0 aromatic heterocycles. The van der Waals surface area contributed by atoms with Gasteiger partial charge in [-0.15, -0.1) is 0 Å². The van der Waals surface area contributed by atoms with Crippen LogP contribution in [-0.4, -0.2) is 38.1 Å². The molecule has 0 spiro atoms. The van der Waals surface area contributed by atoms with E-state index in [-0.39, 0.29) is 0 Å². The minimum absolute atomic E-state index is 0.500. The smallest absolute Gasteiger partial charge is 0.0782 e. The second-order valence-corrected chi connectivity index (χ2v) is 8.43. The second-order valence-electron chi connectivity index (χ2n) is 8.43. The van der Waals surface area contributed by atoms with Crippen LogP contribution in [0.1, 0.15) is 117 Å². The van der Waals surface area contributed by atoms with E-state index >= 15 is 0 Å². The maximum atomic E-state index is 8.25. The van der Waals surface area contributed by atoms with Crippen molar-refractivity contribution in [3.63, 3.8) is 0 Å². The summed E-state index contributed by atoms with van der Waals surface area (Å²) in [5, 5.41) is 8.25. The topological polar surface area (TPSA) is 40.1 Å². The van der Waals surface area contributed by atoms with Gasteiger partial charge in [-0.05, 0) is 25.7 Å². The van der Waals surface area contributed by atoms with Gasteiger partial charge < -0.3 is 14.4 Å². The van der Waals surface area contributed by atoms with E-state index in [0.29, 0.717) is 0 Å². The fourth-order valence-electron chi connectivity index (χ4n) is 3.46. The Morgan fingerprint density at radius 3 is 1.08 bits per heavy atom. The number of unbranched alkanes of at least 4 members (excludes halogenated alkanes) is 14. The summed E-state index contributed by atoms with van der Waals surface area (Å²) in [6.07, 6.45) is 23.0. The molecule has 0 aliphatic rings. The lowest BCUT2D eigenvalue weighted by Crippen LogP contribution is -2.41. The van der Waals surface area contributed by atoms with E-state index in [0.717, 1.165) is 0 Å². The van der Waals surface area contributed by atoms with E-state index in [4.69, 9.17) is 9.90 Å². The van der Waals surface area contributed by atoms with Crippen LogP contribution in [0.15, 0.2) is 0 Å². The van der Waals surface area contributed by atoms with Crippen molar-refractivity contribution < 1.29 is 14.4 Å². The molecule has 0 bridgehead atoms. The second kappa shape index (κ2) is 22.5. The van der Waals surface area contributed by atoms with Crippen LogP contribution in [0.3, 0.4) is 0 Å². The van der Waals surface area contributed by atoms with E-state index in [1.165, 1.54) is 120 Å². The summed E-state index contributed by atoms with van der Waals surface area (Å²) in [6, 6.07) is 0. The summed E-state index contributed by atoms with van der Waals surface area (Å²) in [5.41, 5.74) is 0. The Morgan fingerprint density at radius 2 is 0.808 bits per heavy atom. The number of carboxylic acid groups (broad SMARTS) is 1. The number of carbonyl (C=O) groups is 1. The van der Waals surface area contributed by atoms with Gasteiger partial charge in [-0.3, -0.25) is 0 Å². The molecule has 0 radical (unpaired) electrons. The van der Waals surface area contributed by atoms with Gasteiger partial charge in [0.15, 0.2) is 0 Å². The first-order valence-electron chi connectivity index (χ1n) is 11.4. The van der Waals surface area contributed by atoms with Crippen molar-refractivity contribution >= 4 is 6.47 Å². The Labute approximate surface area is 165 Å². The predicted molar refractivity (Wildman–Crippen MR) is 113 cm³/mol. The van der Waals surface area contributed by atoms with E-state index in [1.54, 1.807) is 0 Å². The average Bonchev–Trinajstić information content (AvgIpc) is 2.60. The quantitative estimate of drug-likeness (QED) is 0.176. The molecular formula is C23H49NO2. The van der Waals surface area contributed by atoms with Crippen LogP contribution < -0.4 is 5.11 Å². The third-order valence-corrected chi connectivity index (χ3v) is 5.23. The molecule has 0 saturated carbocycles. The molecule has 0 aromatic rings.